The van der Waals surface area contributed by atoms with Crippen LogP contribution in [0.5, 0.6) is 5.75 Å². The summed E-state index contributed by atoms with van der Waals surface area (Å²) in [7, 11) is 0. The van der Waals surface area contributed by atoms with E-state index in [4.69, 9.17) is 0 Å². The van der Waals surface area contributed by atoms with E-state index in [1.54, 1.807) is 18.2 Å². The maximum Gasteiger partial charge on any atom is 0.115 e. The second-order valence-corrected chi connectivity index (χ2v) is 4.16. The first-order valence-corrected chi connectivity index (χ1v) is 5.73. The van der Waals surface area contributed by atoms with Crippen molar-refractivity contribution in [3.63, 3.8) is 0 Å². The van der Waals surface area contributed by atoms with Gasteiger partial charge in [-0.1, -0.05) is 42.5 Å². The first-order valence-electron chi connectivity index (χ1n) is 5.73. The van der Waals surface area contributed by atoms with Gasteiger partial charge in [-0.2, -0.15) is 0 Å². The molecule has 0 amide bonds. The van der Waals surface area contributed by atoms with E-state index in [1.807, 2.05) is 36.4 Å². The van der Waals surface area contributed by atoms with Crippen molar-refractivity contribution in [3.05, 3.63) is 65.7 Å². The van der Waals surface area contributed by atoms with E-state index in [2.05, 4.69) is 0 Å². The number of hydrogen-bond acceptors (Lipinski definition) is 2. The monoisotopic (exact) mass is 228 g/mol. The van der Waals surface area contributed by atoms with Gasteiger partial charge in [-0.05, 0) is 29.7 Å². The Morgan fingerprint density at radius 2 is 1.71 bits per heavy atom. The van der Waals surface area contributed by atoms with E-state index in [0.29, 0.717) is 0 Å². The van der Waals surface area contributed by atoms with Crippen molar-refractivity contribution in [2.75, 3.05) is 6.61 Å². The normalized spacial score (nSPS) is 12.3. The molecule has 17 heavy (non-hydrogen) atoms. The van der Waals surface area contributed by atoms with Gasteiger partial charge in [-0.3, -0.25) is 0 Å². The molecular weight excluding hydrogens is 212 g/mol. The number of hydrogen-bond donors (Lipinski definition) is 2. The topological polar surface area (TPSA) is 40.5 Å². The SMILES string of the molecule is OCC(Cc1ccccc1)c1cccc(O)c1. The fraction of sp³-hybridized carbons (Fsp3) is 0.200. The molecule has 0 heterocycles. The number of benzene rings is 2. The van der Waals surface area contributed by atoms with Crippen LogP contribution in [0.4, 0.5) is 0 Å². The molecule has 0 spiro atoms. The zero-order valence-electron chi connectivity index (χ0n) is 9.58. The van der Waals surface area contributed by atoms with Crippen molar-refractivity contribution < 1.29 is 10.2 Å². The van der Waals surface area contributed by atoms with E-state index in [0.717, 1.165) is 12.0 Å². The highest BCUT2D eigenvalue weighted by Crippen LogP contribution is 2.23. The molecule has 2 aromatic carbocycles. The summed E-state index contributed by atoms with van der Waals surface area (Å²) in [5.41, 5.74) is 2.16. The quantitative estimate of drug-likeness (QED) is 0.844. The molecule has 0 bridgehead atoms. The molecule has 0 aliphatic heterocycles. The van der Waals surface area contributed by atoms with Crippen LogP contribution in [0.2, 0.25) is 0 Å². The first kappa shape index (κ1) is 11.7. The highest BCUT2D eigenvalue weighted by Gasteiger charge is 2.11. The number of phenolic OH excluding ortho intramolecular Hbond substituents is 1. The van der Waals surface area contributed by atoms with Gasteiger partial charge in [0.05, 0.1) is 6.61 Å². The van der Waals surface area contributed by atoms with Crippen LogP contribution in [-0.4, -0.2) is 16.8 Å². The smallest absolute Gasteiger partial charge is 0.115 e. The number of aromatic hydroxyl groups is 1. The maximum atomic E-state index is 9.45. The largest absolute Gasteiger partial charge is 0.508 e. The highest BCUT2D eigenvalue weighted by molar-refractivity contribution is 5.31. The van der Waals surface area contributed by atoms with Gasteiger partial charge in [0.1, 0.15) is 5.75 Å². The predicted molar refractivity (Wildman–Crippen MR) is 68.1 cm³/mol. The Kier molecular flexibility index (Phi) is 3.78. The fourth-order valence-corrected chi connectivity index (χ4v) is 1.97. The Balaban J connectivity index is 2.17. The van der Waals surface area contributed by atoms with Gasteiger partial charge in [0.15, 0.2) is 0 Å². The summed E-state index contributed by atoms with van der Waals surface area (Å²) in [5.74, 6) is 0.276. The molecule has 2 aromatic rings. The van der Waals surface area contributed by atoms with Gasteiger partial charge in [0.2, 0.25) is 0 Å². The van der Waals surface area contributed by atoms with E-state index >= 15 is 0 Å². The second-order valence-electron chi connectivity index (χ2n) is 4.16. The molecule has 2 rings (SSSR count). The van der Waals surface area contributed by atoms with Gasteiger partial charge in [0.25, 0.3) is 0 Å². The number of aliphatic hydroxyl groups excluding tert-OH is 1. The Morgan fingerprint density at radius 3 is 2.35 bits per heavy atom. The fourth-order valence-electron chi connectivity index (χ4n) is 1.97. The average Bonchev–Trinajstić information content (AvgIpc) is 2.37. The van der Waals surface area contributed by atoms with Gasteiger partial charge in [0, 0.05) is 5.92 Å². The minimum absolute atomic E-state index is 0.0319. The Labute approximate surface area is 101 Å². The summed E-state index contributed by atoms with van der Waals surface area (Å²) in [4.78, 5) is 0. The Bertz CT molecular complexity index is 465. The van der Waals surface area contributed by atoms with Gasteiger partial charge in [-0.25, -0.2) is 0 Å². The lowest BCUT2D eigenvalue weighted by Gasteiger charge is -2.14. The molecule has 0 radical (unpaired) electrons. The lowest BCUT2D eigenvalue weighted by Crippen LogP contribution is -2.07. The summed E-state index contributed by atoms with van der Waals surface area (Å²) in [5, 5.41) is 18.9. The lowest BCUT2D eigenvalue weighted by atomic mass is 9.92. The standard InChI is InChI=1S/C15H16O2/c16-11-14(9-12-5-2-1-3-6-12)13-7-4-8-15(17)10-13/h1-8,10,14,16-17H,9,11H2. The van der Waals surface area contributed by atoms with Crippen molar-refractivity contribution in [2.24, 2.45) is 0 Å². The molecule has 0 fully saturated rings. The second kappa shape index (κ2) is 5.51. The Morgan fingerprint density at radius 1 is 0.941 bits per heavy atom. The summed E-state index contributed by atoms with van der Waals surface area (Å²) < 4.78 is 0. The summed E-state index contributed by atoms with van der Waals surface area (Å²) in [6, 6.07) is 17.1. The van der Waals surface area contributed by atoms with Crippen molar-refractivity contribution >= 4 is 0 Å². The average molecular weight is 228 g/mol. The molecule has 1 atom stereocenters. The third-order valence-corrected chi connectivity index (χ3v) is 2.89. The van der Waals surface area contributed by atoms with Crippen LogP contribution in [0, 0.1) is 0 Å². The zero-order chi connectivity index (χ0) is 12.1. The number of aliphatic hydroxyl groups is 1. The van der Waals surface area contributed by atoms with Crippen molar-refractivity contribution in [1.82, 2.24) is 0 Å². The van der Waals surface area contributed by atoms with Crippen molar-refractivity contribution in [2.45, 2.75) is 12.3 Å². The van der Waals surface area contributed by atoms with Crippen LogP contribution in [0.25, 0.3) is 0 Å². The minimum atomic E-state index is 0.0319. The lowest BCUT2D eigenvalue weighted by molar-refractivity contribution is 0.264. The maximum absolute atomic E-state index is 9.45. The first-order chi connectivity index (χ1) is 8.29. The molecule has 0 aliphatic rings. The molecule has 0 saturated carbocycles. The van der Waals surface area contributed by atoms with Crippen LogP contribution < -0.4 is 0 Å². The highest BCUT2D eigenvalue weighted by atomic mass is 16.3. The van der Waals surface area contributed by atoms with Crippen molar-refractivity contribution in [1.29, 1.82) is 0 Å². The summed E-state index contributed by atoms with van der Waals surface area (Å²) >= 11 is 0. The third-order valence-electron chi connectivity index (χ3n) is 2.89. The van der Waals surface area contributed by atoms with Gasteiger partial charge >= 0.3 is 0 Å². The molecule has 0 aromatic heterocycles. The van der Waals surface area contributed by atoms with E-state index < -0.39 is 0 Å². The van der Waals surface area contributed by atoms with E-state index in [-0.39, 0.29) is 18.3 Å². The van der Waals surface area contributed by atoms with Crippen molar-refractivity contribution in [3.8, 4) is 5.75 Å². The van der Waals surface area contributed by atoms with Gasteiger partial charge in [-0.15, -0.1) is 0 Å². The van der Waals surface area contributed by atoms with Crippen LogP contribution in [0.3, 0.4) is 0 Å². The number of phenols is 1. The van der Waals surface area contributed by atoms with Crippen LogP contribution in [-0.2, 0) is 6.42 Å². The van der Waals surface area contributed by atoms with Crippen LogP contribution in [0.1, 0.15) is 17.0 Å². The van der Waals surface area contributed by atoms with Crippen LogP contribution >= 0.6 is 0 Å². The Hall–Kier alpha value is -1.80. The third kappa shape index (κ3) is 3.08. The molecule has 2 nitrogen and oxygen atoms in total. The number of rotatable bonds is 4. The predicted octanol–water partition coefficient (Wildman–Crippen LogP) is 2.71. The minimum Gasteiger partial charge on any atom is -0.508 e. The van der Waals surface area contributed by atoms with E-state index in [1.165, 1.54) is 5.56 Å². The molecule has 0 aliphatic carbocycles. The zero-order valence-corrected chi connectivity index (χ0v) is 9.58. The molecule has 88 valence electrons. The summed E-state index contributed by atoms with van der Waals surface area (Å²) in [6.45, 7) is 0.0817. The van der Waals surface area contributed by atoms with Gasteiger partial charge < -0.3 is 10.2 Å². The molecule has 1 unspecified atom stereocenters. The molecule has 2 heteroatoms. The van der Waals surface area contributed by atoms with E-state index in [9.17, 15) is 10.2 Å². The summed E-state index contributed by atoms with van der Waals surface area (Å²) in [6.07, 6.45) is 0.779. The molecule has 0 saturated heterocycles. The molecular formula is C15H16O2. The molecule has 2 N–H and O–H groups in total. The van der Waals surface area contributed by atoms with Crippen LogP contribution in [0.15, 0.2) is 54.6 Å².